The van der Waals surface area contributed by atoms with E-state index in [1.807, 2.05) is 39.8 Å². The van der Waals surface area contributed by atoms with Crippen molar-refractivity contribution in [3.63, 3.8) is 0 Å². The Hall–Kier alpha value is -2.12. The predicted octanol–water partition coefficient (Wildman–Crippen LogP) is 6.31. The zero-order chi connectivity index (χ0) is 25.0. The number of carbonyl (C=O) groups excluding carboxylic acids is 2. The number of hydrogen-bond acceptors (Lipinski definition) is 5. The van der Waals surface area contributed by atoms with Crippen molar-refractivity contribution < 1.29 is 18.7 Å². The van der Waals surface area contributed by atoms with E-state index in [4.69, 9.17) is 0 Å². The summed E-state index contributed by atoms with van der Waals surface area (Å²) in [5.41, 5.74) is 3.47. The zero-order valence-corrected chi connectivity index (χ0v) is 22.1. The second-order valence-electron chi connectivity index (χ2n) is 9.57. The first-order chi connectivity index (χ1) is 16.2. The van der Waals surface area contributed by atoms with Gasteiger partial charge in [-0.05, 0) is 60.7 Å². The molecule has 5 nitrogen and oxygen atoms in total. The van der Waals surface area contributed by atoms with Gasteiger partial charge in [-0.2, -0.15) is 0 Å². The Kier molecular flexibility index (Phi) is 8.63. The van der Waals surface area contributed by atoms with Crippen molar-refractivity contribution in [2.45, 2.75) is 77.9 Å². The molecule has 34 heavy (non-hydrogen) atoms. The van der Waals surface area contributed by atoms with Gasteiger partial charge in [-0.3, -0.25) is 4.79 Å². The number of nitrogens with zero attached hydrogens (tertiary/aromatic N) is 2. The van der Waals surface area contributed by atoms with E-state index in [9.17, 15) is 9.59 Å². The smallest absolute Gasteiger partial charge is 0.362 e. The summed E-state index contributed by atoms with van der Waals surface area (Å²) >= 11 is 1.76. The summed E-state index contributed by atoms with van der Waals surface area (Å²) in [7, 11) is 1.18. The van der Waals surface area contributed by atoms with Gasteiger partial charge < -0.3 is 9.30 Å². The first-order valence-corrected chi connectivity index (χ1v) is 13.0. The number of aromatic nitrogens is 1. The fourth-order valence-electron chi connectivity index (χ4n) is 4.94. The maximum atomic E-state index is 15.2. The van der Waals surface area contributed by atoms with Crippen LogP contribution < -0.4 is 0 Å². The number of carbonyl (C=O) groups is 2. The molecule has 0 amide bonds. The van der Waals surface area contributed by atoms with E-state index >= 15 is 4.39 Å². The number of esters is 1. The van der Waals surface area contributed by atoms with E-state index in [0.29, 0.717) is 36.2 Å². The summed E-state index contributed by atoms with van der Waals surface area (Å²) in [5, 5.41) is 0. The van der Waals surface area contributed by atoms with Crippen LogP contribution >= 0.6 is 11.9 Å². The second-order valence-corrected chi connectivity index (χ2v) is 10.7. The number of ketones is 1. The van der Waals surface area contributed by atoms with Crippen molar-refractivity contribution >= 4 is 23.7 Å². The average Bonchev–Trinajstić information content (AvgIpc) is 3.41. The molecule has 0 saturated carbocycles. The van der Waals surface area contributed by atoms with Gasteiger partial charge in [0.15, 0.2) is 5.78 Å². The number of methoxy groups -OCH3 is 1. The van der Waals surface area contributed by atoms with E-state index < -0.39 is 12.3 Å². The number of hydrogen-bond donors (Lipinski definition) is 0. The molecule has 2 heterocycles. The first-order valence-electron chi connectivity index (χ1n) is 12.2. The molecule has 1 aliphatic heterocycles. The van der Waals surface area contributed by atoms with Crippen molar-refractivity contribution in [2.75, 3.05) is 20.2 Å². The maximum absolute atomic E-state index is 15.2. The van der Waals surface area contributed by atoms with Crippen LogP contribution in [0.5, 0.6) is 0 Å². The third kappa shape index (κ3) is 5.41. The fraction of sp³-hybridized carbons (Fsp3) is 0.556. The van der Waals surface area contributed by atoms with Crippen molar-refractivity contribution in [1.29, 1.82) is 0 Å². The van der Waals surface area contributed by atoms with Crippen LogP contribution in [0.25, 0.3) is 0 Å². The molecule has 186 valence electrons. The minimum atomic E-state index is -1.96. The quantitative estimate of drug-likeness (QED) is 0.352. The van der Waals surface area contributed by atoms with Crippen LogP contribution in [0.3, 0.4) is 0 Å². The molecule has 0 N–H and O–H groups in total. The van der Waals surface area contributed by atoms with Crippen LogP contribution in [0.4, 0.5) is 4.39 Å². The highest BCUT2D eigenvalue weighted by Crippen LogP contribution is 2.42. The van der Waals surface area contributed by atoms with Crippen molar-refractivity contribution in [2.24, 2.45) is 5.41 Å². The van der Waals surface area contributed by atoms with Crippen molar-refractivity contribution in [3.8, 4) is 0 Å². The zero-order valence-electron chi connectivity index (χ0n) is 21.2. The standard InChI is InChI=1S/C25H31FN2O3S.C2H6/c1-16-18(13-17-9-5-6-10-21(17)32-27-11-7-8-12-27)22-19(14-25(2,3)15-20(22)29)28(16)23(26)24(30)31-4;1-2/h5-6,9-10,23H,7-8,11-15H2,1-4H3;1-2H3. The fourth-order valence-corrected chi connectivity index (χ4v) is 6.05. The summed E-state index contributed by atoms with van der Waals surface area (Å²) in [6.07, 6.45) is 1.93. The lowest BCUT2D eigenvalue weighted by atomic mass is 9.75. The van der Waals surface area contributed by atoms with Gasteiger partial charge in [0.1, 0.15) is 0 Å². The van der Waals surface area contributed by atoms with E-state index in [2.05, 4.69) is 21.2 Å². The molecule has 1 saturated heterocycles. The number of halogens is 1. The van der Waals surface area contributed by atoms with Crippen LogP contribution in [-0.2, 0) is 22.4 Å². The Bertz CT molecular complexity index is 1040. The highest BCUT2D eigenvalue weighted by molar-refractivity contribution is 7.97. The minimum absolute atomic E-state index is 0.0230. The van der Waals surface area contributed by atoms with E-state index in [1.165, 1.54) is 24.5 Å². The number of benzene rings is 1. The van der Waals surface area contributed by atoms with Crippen LogP contribution in [-0.4, -0.2) is 40.8 Å². The topological polar surface area (TPSA) is 51.5 Å². The van der Waals surface area contributed by atoms with Gasteiger partial charge in [-0.15, -0.1) is 0 Å². The molecule has 0 radical (unpaired) electrons. The van der Waals surface area contributed by atoms with Crippen LogP contribution in [0, 0.1) is 12.3 Å². The molecule has 1 fully saturated rings. The van der Waals surface area contributed by atoms with E-state index in [-0.39, 0.29) is 11.2 Å². The molecule has 1 aromatic heterocycles. The van der Waals surface area contributed by atoms with E-state index in [1.54, 1.807) is 18.9 Å². The lowest BCUT2D eigenvalue weighted by molar-refractivity contribution is -0.150. The van der Waals surface area contributed by atoms with Gasteiger partial charge in [0, 0.05) is 47.8 Å². The number of alkyl halides is 1. The molecule has 0 spiro atoms. The van der Waals surface area contributed by atoms with Gasteiger partial charge in [-0.25, -0.2) is 13.5 Å². The minimum Gasteiger partial charge on any atom is -0.465 e. The number of ether oxygens (including phenoxy) is 1. The summed E-state index contributed by atoms with van der Waals surface area (Å²) in [5.74, 6) is -0.923. The molecule has 2 aliphatic rings. The van der Waals surface area contributed by atoms with Gasteiger partial charge in [-0.1, -0.05) is 45.9 Å². The Labute approximate surface area is 207 Å². The summed E-state index contributed by atoms with van der Waals surface area (Å²) in [4.78, 5) is 26.5. The lowest BCUT2D eigenvalue weighted by Gasteiger charge is -2.30. The van der Waals surface area contributed by atoms with Crippen molar-refractivity contribution in [3.05, 3.63) is 52.3 Å². The lowest BCUT2D eigenvalue weighted by Crippen LogP contribution is -2.30. The Morgan fingerprint density at radius 2 is 1.82 bits per heavy atom. The Morgan fingerprint density at radius 1 is 1.18 bits per heavy atom. The van der Waals surface area contributed by atoms with Crippen LogP contribution in [0.1, 0.15) is 86.1 Å². The summed E-state index contributed by atoms with van der Waals surface area (Å²) in [6.45, 7) is 12.0. The van der Waals surface area contributed by atoms with Gasteiger partial charge in [0.2, 0.25) is 0 Å². The summed E-state index contributed by atoms with van der Waals surface area (Å²) < 4.78 is 23.7. The number of fused-ring (bicyclic) bond motifs is 1. The highest BCUT2D eigenvalue weighted by Gasteiger charge is 2.39. The van der Waals surface area contributed by atoms with Crippen LogP contribution in [0.15, 0.2) is 29.2 Å². The largest absolute Gasteiger partial charge is 0.465 e. The maximum Gasteiger partial charge on any atom is 0.362 e. The Morgan fingerprint density at radius 3 is 2.47 bits per heavy atom. The van der Waals surface area contributed by atoms with E-state index in [0.717, 1.165) is 29.1 Å². The third-order valence-electron chi connectivity index (χ3n) is 6.50. The van der Waals surface area contributed by atoms with Gasteiger partial charge >= 0.3 is 5.97 Å². The SMILES string of the molecule is CC.COC(=O)C(F)n1c(C)c(Cc2ccccc2SN2CCCC2)c2c1CC(C)(C)CC2=O. The Balaban J connectivity index is 0.00000158. The second kappa shape index (κ2) is 11.1. The molecule has 1 unspecified atom stereocenters. The number of rotatable bonds is 6. The summed E-state index contributed by atoms with van der Waals surface area (Å²) in [6, 6.07) is 8.21. The molecule has 1 atom stereocenters. The molecule has 1 aromatic carbocycles. The molecular formula is C27H37FN2O3S. The van der Waals surface area contributed by atoms with Crippen LogP contribution in [0.2, 0.25) is 0 Å². The predicted molar refractivity (Wildman–Crippen MR) is 135 cm³/mol. The monoisotopic (exact) mass is 488 g/mol. The normalized spacial score (nSPS) is 18.1. The van der Waals surface area contributed by atoms with Gasteiger partial charge in [0.05, 0.1) is 7.11 Å². The molecule has 7 heteroatoms. The molecule has 0 bridgehead atoms. The van der Waals surface area contributed by atoms with Gasteiger partial charge in [0.25, 0.3) is 6.30 Å². The third-order valence-corrected chi connectivity index (χ3v) is 7.72. The molecule has 4 rings (SSSR count). The first kappa shape index (κ1) is 26.5. The molecular weight excluding hydrogens is 451 g/mol. The molecule has 2 aromatic rings. The number of Topliss-reactive ketones (excluding diaryl/α,β-unsaturated/α-hetero) is 1. The van der Waals surface area contributed by atoms with Crippen molar-refractivity contribution in [1.82, 2.24) is 8.87 Å². The molecule has 1 aliphatic carbocycles. The highest BCUT2D eigenvalue weighted by atomic mass is 32.2. The average molecular weight is 489 g/mol.